The minimum absolute atomic E-state index is 0.142. The molecule has 0 bridgehead atoms. The molecule has 7 heteroatoms. The zero-order valence-electron chi connectivity index (χ0n) is 16.5. The van der Waals surface area contributed by atoms with Crippen molar-refractivity contribution in [1.29, 1.82) is 0 Å². The zero-order chi connectivity index (χ0) is 18.7. The van der Waals surface area contributed by atoms with Crippen molar-refractivity contribution in [3.05, 3.63) is 0 Å². The summed E-state index contributed by atoms with van der Waals surface area (Å²) < 4.78 is 12.4. The molecule has 0 N–H and O–H groups in total. The number of hydrogen-bond donors (Lipinski definition) is 0. The molecule has 144 valence electrons. The Morgan fingerprint density at radius 2 is 1.62 bits per heavy atom. The van der Waals surface area contributed by atoms with Gasteiger partial charge in [-0.15, -0.1) is 0 Å². The van der Waals surface area contributed by atoms with Crippen molar-refractivity contribution in [3.63, 3.8) is 0 Å². The van der Waals surface area contributed by atoms with E-state index in [-0.39, 0.29) is 36.1 Å². The third kappa shape index (κ3) is 3.17. The second kappa shape index (κ2) is 6.23. The highest BCUT2D eigenvalue weighted by Gasteiger charge is 2.54. The first kappa shape index (κ1) is 18.3. The molecule has 3 saturated heterocycles. The Morgan fingerprint density at radius 3 is 2.15 bits per heavy atom. The van der Waals surface area contributed by atoms with E-state index in [0.29, 0.717) is 24.8 Å². The summed E-state index contributed by atoms with van der Waals surface area (Å²) in [6.07, 6.45) is 4.40. The second-order valence-corrected chi connectivity index (χ2v) is 9.47. The van der Waals surface area contributed by atoms with E-state index in [0.717, 1.165) is 38.8 Å². The average Bonchev–Trinajstić information content (AvgIpc) is 3.30. The molecule has 4 rings (SSSR count). The van der Waals surface area contributed by atoms with E-state index in [1.165, 1.54) is 0 Å². The van der Waals surface area contributed by atoms with E-state index >= 15 is 0 Å². The standard InChI is InChI=1S/C19H31BN2O4/c1-18(2)19(3,4)26-20(25-18)14-7-9-21(10-8-14)17(24)13-11-16(23)22(12-13)15-5-6-15/h13-15H,5-12H2,1-4H3. The van der Waals surface area contributed by atoms with Gasteiger partial charge in [-0.3, -0.25) is 9.59 Å². The maximum Gasteiger partial charge on any atom is 0.461 e. The fourth-order valence-corrected chi connectivity index (χ4v) is 4.37. The van der Waals surface area contributed by atoms with Gasteiger partial charge in [0.2, 0.25) is 11.8 Å². The summed E-state index contributed by atoms with van der Waals surface area (Å²) in [5.74, 6) is 0.511. The van der Waals surface area contributed by atoms with Crippen molar-refractivity contribution in [2.45, 2.75) is 82.9 Å². The monoisotopic (exact) mass is 362 g/mol. The largest absolute Gasteiger partial charge is 0.461 e. The van der Waals surface area contributed by atoms with Crippen LogP contribution in [0.15, 0.2) is 0 Å². The average molecular weight is 362 g/mol. The molecule has 0 radical (unpaired) electrons. The number of rotatable bonds is 3. The molecular weight excluding hydrogens is 331 g/mol. The molecule has 1 saturated carbocycles. The summed E-state index contributed by atoms with van der Waals surface area (Å²) in [6, 6.07) is 0.411. The topological polar surface area (TPSA) is 59.1 Å². The highest BCUT2D eigenvalue weighted by atomic mass is 16.7. The van der Waals surface area contributed by atoms with E-state index in [2.05, 4.69) is 27.7 Å². The molecule has 2 amide bonds. The van der Waals surface area contributed by atoms with Crippen molar-refractivity contribution in [1.82, 2.24) is 9.80 Å². The molecule has 0 spiro atoms. The summed E-state index contributed by atoms with van der Waals surface area (Å²) in [5.41, 5.74) is -0.609. The van der Waals surface area contributed by atoms with Crippen molar-refractivity contribution in [3.8, 4) is 0 Å². The van der Waals surface area contributed by atoms with Crippen LogP contribution in [0.2, 0.25) is 5.82 Å². The summed E-state index contributed by atoms with van der Waals surface area (Å²) in [5, 5.41) is 0. The third-order valence-electron chi connectivity index (χ3n) is 7.00. The molecular formula is C19H31BN2O4. The van der Waals surface area contributed by atoms with Gasteiger partial charge in [0, 0.05) is 32.1 Å². The quantitative estimate of drug-likeness (QED) is 0.722. The SMILES string of the molecule is CC1(C)OB(C2CCN(C(=O)C3CC(=O)N(C4CC4)C3)CC2)OC1(C)C. The minimum atomic E-state index is -0.304. The van der Waals surface area contributed by atoms with Crippen LogP contribution >= 0.6 is 0 Å². The van der Waals surface area contributed by atoms with Gasteiger partial charge in [0.05, 0.1) is 17.1 Å². The molecule has 0 aromatic rings. The van der Waals surface area contributed by atoms with Crippen LogP contribution in [-0.4, -0.2) is 65.6 Å². The molecule has 3 aliphatic heterocycles. The minimum Gasteiger partial charge on any atom is -0.403 e. The number of likely N-dealkylation sites (tertiary alicyclic amines) is 2. The van der Waals surface area contributed by atoms with E-state index in [1.54, 1.807) is 0 Å². The maximum absolute atomic E-state index is 12.9. The van der Waals surface area contributed by atoms with Gasteiger partial charge in [0.1, 0.15) is 0 Å². The van der Waals surface area contributed by atoms with Gasteiger partial charge in [-0.1, -0.05) is 0 Å². The highest BCUT2D eigenvalue weighted by molar-refractivity contribution is 6.47. The predicted octanol–water partition coefficient (Wildman–Crippen LogP) is 2.08. The third-order valence-corrected chi connectivity index (χ3v) is 7.00. The highest BCUT2D eigenvalue weighted by Crippen LogP contribution is 2.43. The number of carbonyl (C=O) groups is 2. The summed E-state index contributed by atoms with van der Waals surface area (Å²) in [7, 11) is -0.185. The fourth-order valence-electron chi connectivity index (χ4n) is 4.37. The second-order valence-electron chi connectivity index (χ2n) is 9.47. The summed E-state index contributed by atoms with van der Waals surface area (Å²) >= 11 is 0. The fraction of sp³-hybridized carbons (Fsp3) is 0.895. The van der Waals surface area contributed by atoms with Gasteiger partial charge < -0.3 is 19.1 Å². The van der Waals surface area contributed by atoms with Gasteiger partial charge in [-0.25, -0.2) is 0 Å². The number of hydrogen-bond acceptors (Lipinski definition) is 4. The molecule has 4 fully saturated rings. The molecule has 4 aliphatic rings. The lowest BCUT2D eigenvalue weighted by molar-refractivity contribution is -0.136. The van der Waals surface area contributed by atoms with Crippen molar-refractivity contribution in [2.24, 2.45) is 5.92 Å². The normalized spacial score (nSPS) is 31.8. The van der Waals surface area contributed by atoms with Crippen LogP contribution in [0.3, 0.4) is 0 Å². The molecule has 1 atom stereocenters. The van der Waals surface area contributed by atoms with Crippen LogP contribution < -0.4 is 0 Å². The van der Waals surface area contributed by atoms with Gasteiger partial charge in [0.15, 0.2) is 0 Å². The Bertz CT molecular complexity index is 580. The molecule has 0 aromatic heterocycles. The predicted molar refractivity (Wildman–Crippen MR) is 98.5 cm³/mol. The molecule has 0 aromatic carbocycles. The number of carbonyl (C=O) groups excluding carboxylic acids is 2. The Balaban J connectivity index is 1.30. The van der Waals surface area contributed by atoms with Crippen molar-refractivity contribution >= 4 is 18.9 Å². The van der Waals surface area contributed by atoms with Gasteiger partial charge >= 0.3 is 7.12 Å². The van der Waals surface area contributed by atoms with Crippen LogP contribution in [0.5, 0.6) is 0 Å². The molecule has 26 heavy (non-hydrogen) atoms. The summed E-state index contributed by atoms with van der Waals surface area (Å²) in [4.78, 5) is 28.9. The first-order valence-electron chi connectivity index (χ1n) is 10.1. The van der Waals surface area contributed by atoms with E-state index in [4.69, 9.17) is 9.31 Å². The summed E-state index contributed by atoms with van der Waals surface area (Å²) in [6.45, 7) is 10.4. The molecule has 3 heterocycles. The van der Waals surface area contributed by atoms with Gasteiger partial charge in [-0.2, -0.15) is 0 Å². The Morgan fingerprint density at radius 1 is 1.04 bits per heavy atom. The lowest BCUT2D eigenvalue weighted by atomic mass is 9.66. The smallest absolute Gasteiger partial charge is 0.403 e. The molecule has 1 aliphatic carbocycles. The van der Waals surface area contributed by atoms with Crippen molar-refractivity contribution < 1.29 is 18.9 Å². The lowest BCUT2D eigenvalue weighted by Gasteiger charge is -2.34. The van der Waals surface area contributed by atoms with E-state index in [1.807, 2.05) is 9.80 Å². The molecule has 1 unspecified atom stereocenters. The van der Waals surface area contributed by atoms with Crippen LogP contribution in [0, 0.1) is 5.92 Å². The van der Waals surface area contributed by atoms with Crippen molar-refractivity contribution in [2.75, 3.05) is 19.6 Å². The first-order valence-corrected chi connectivity index (χ1v) is 10.1. The van der Waals surface area contributed by atoms with E-state index in [9.17, 15) is 9.59 Å². The lowest BCUT2D eigenvalue weighted by Crippen LogP contribution is -2.44. The molecule has 6 nitrogen and oxygen atoms in total. The van der Waals surface area contributed by atoms with Crippen LogP contribution in [0.4, 0.5) is 0 Å². The Kier molecular flexibility index (Phi) is 4.38. The van der Waals surface area contributed by atoms with Gasteiger partial charge in [-0.05, 0) is 59.2 Å². The number of nitrogens with zero attached hydrogens (tertiary/aromatic N) is 2. The van der Waals surface area contributed by atoms with Gasteiger partial charge in [0.25, 0.3) is 0 Å². The van der Waals surface area contributed by atoms with Crippen LogP contribution in [0.1, 0.15) is 59.8 Å². The number of amides is 2. The maximum atomic E-state index is 12.9. The van der Waals surface area contributed by atoms with Crippen LogP contribution in [-0.2, 0) is 18.9 Å². The number of piperidine rings is 1. The Hall–Kier alpha value is -1.08. The zero-order valence-corrected chi connectivity index (χ0v) is 16.5. The Labute approximate surface area is 156 Å². The van der Waals surface area contributed by atoms with Crippen LogP contribution in [0.25, 0.3) is 0 Å². The van der Waals surface area contributed by atoms with E-state index < -0.39 is 0 Å². The first-order chi connectivity index (χ1) is 12.2.